The van der Waals surface area contributed by atoms with Gasteiger partial charge in [-0.2, -0.15) is 0 Å². The van der Waals surface area contributed by atoms with Crippen molar-refractivity contribution in [2.24, 2.45) is 5.73 Å². The number of thioether (sulfide) groups is 1. The van der Waals surface area contributed by atoms with Gasteiger partial charge in [-0.1, -0.05) is 30.3 Å². The highest BCUT2D eigenvalue weighted by Gasteiger charge is 2.48. The van der Waals surface area contributed by atoms with Gasteiger partial charge in [0.05, 0.1) is 5.88 Å². The van der Waals surface area contributed by atoms with Crippen molar-refractivity contribution in [1.82, 2.24) is 10.2 Å². The molecule has 1 saturated heterocycles. The van der Waals surface area contributed by atoms with E-state index < -0.39 is 28.7 Å². The number of carbonyl (C=O) groups excluding carboxylic acids is 3. The summed E-state index contributed by atoms with van der Waals surface area (Å²) in [7, 11) is 0. The van der Waals surface area contributed by atoms with E-state index in [4.69, 9.17) is 5.73 Å². The number of carbonyl (C=O) groups is 3. The first-order chi connectivity index (χ1) is 12.7. The van der Waals surface area contributed by atoms with Crippen molar-refractivity contribution in [3.05, 3.63) is 42.3 Å². The van der Waals surface area contributed by atoms with Crippen LogP contribution in [0.2, 0.25) is 0 Å². The predicted octanol–water partition coefficient (Wildman–Crippen LogP) is 0.466. The zero-order valence-corrected chi connectivity index (χ0v) is 16.4. The molecule has 2 rings (SSSR count). The van der Waals surface area contributed by atoms with Crippen LogP contribution in [0.1, 0.15) is 25.8 Å². The van der Waals surface area contributed by atoms with Gasteiger partial charge in [0.2, 0.25) is 11.8 Å². The van der Waals surface area contributed by atoms with Crippen molar-refractivity contribution in [2.75, 3.05) is 12.4 Å². The number of aliphatic hydroxyl groups is 1. The summed E-state index contributed by atoms with van der Waals surface area (Å²) in [6.45, 7) is 3.88. The van der Waals surface area contributed by atoms with Crippen LogP contribution in [0.3, 0.4) is 0 Å². The lowest BCUT2D eigenvalue weighted by atomic mass is 9.99. The minimum absolute atomic E-state index is 0.0352. The maximum absolute atomic E-state index is 12.7. The lowest BCUT2D eigenvalue weighted by Gasteiger charge is -2.31. The summed E-state index contributed by atoms with van der Waals surface area (Å²) in [4.78, 5) is 37.6. The molecular formula is C19H26N3O4S. The average molecular weight is 393 g/mol. The van der Waals surface area contributed by atoms with Crippen molar-refractivity contribution in [1.29, 1.82) is 0 Å². The molecule has 1 fully saturated rings. The quantitative estimate of drug-likeness (QED) is 0.595. The number of hydrogen-bond acceptors (Lipinski definition) is 5. The number of nitrogens with one attached hydrogen (secondary N) is 1. The van der Waals surface area contributed by atoms with E-state index in [0.29, 0.717) is 12.3 Å². The fourth-order valence-electron chi connectivity index (χ4n) is 2.95. The molecule has 7 nitrogen and oxygen atoms in total. The molecule has 27 heavy (non-hydrogen) atoms. The van der Waals surface area contributed by atoms with E-state index in [9.17, 15) is 19.5 Å². The third-order valence-electron chi connectivity index (χ3n) is 4.42. The summed E-state index contributed by atoms with van der Waals surface area (Å²) in [5, 5.41) is 13.0. The Hall–Kier alpha value is -2.06. The maximum atomic E-state index is 12.7. The lowest BCUT2D eigenvalue weighted by Crippen LogP contribution is -2.55. The molecule has 1 unspecified atom stereocenters. The molecule has 2 atom stereocenters. The number of primary amides is 1. The summed E-state index contributed by atoms with van der Waals surface area (Å²) in [5.41, 5.74) is 6.07. The SMILES string of the molecule is CC1(C)SCN(C(=O)[C@@H](O)[CH]Cc2ccccc2)C1C(=O)NCCC(N)=O. The Morgan fingerprint density at radius 1 is 1.37 bits per heavy atom. The molecule has 0 saturated carbocycles. The summed E-state index contributed by atoms with van der Waals surface area (Å²) in [6, 6.07) is 8.78. The van der Waals surface area contributed by atoms with Gasteiger partial charge in [0, 0.05) is 24.1 Å². The monoisotopic (exact) mass is 392 g/mol. The molecule has 3 amide bonds. The van der Waals surface area contributed by atoms with E-state index in [1.54, 1.807) is 0 Å². The number of aliphatic hydroxyl groups excluding tert-OH is 1. The number of nitrogens with two attached hydrogens (primary N) is 1. The van der Waals surface area contributed by atoms with Gasteiger partial charge >= 0.3 is 0 Å². The third-order valence-corrected chi connectivity index (χ3v) is 5.80. The molecule has 8 heteroatoms. The molecule has 1 aliphatic rings. The van der Waals surface area contributed by atoms with Gasteiger partial charge in [0.15, 0.2) is 0 Å². The van der Waals surface area contributed by atoms with Gasteiger partial charge < -0.3 is 21.1 Å². The number of nitrogens with zero attached hydrogens (tertiary/aromatic N) is 1. The first kappa shape index (κ1) is 21.2. The van der Waals surface area contributed by atoms with Crippen LogP contribution in [0, 0.1) is 6.42 Å². The van der Waals surface area contributed by atoms with Crippen LogP contribution in [0.4, 0.5) is 0 Å². The molecule has 1 aliphatic heterocycles. The van der Waals surface area contributed by atoms with E-state index in [0.717, 1.165) is 5.56 Å². The Labute approximate surface area is 163 Å². The van der Waals surface area contributed by atoms with E-state index >= 15 is 0 Å². The highest BCUT2D eigenvalue weighted by Crippen LogP contribution is 2.39. The van der Waals surface area contributed by atoms with Crippen molar-refractivity contribution < 1.29 is 19.5 Å². The second-order valence-electron chi connectivity index (χ2n) is 6.97. The van der Waals surface area contributed by atoms with E-state index in [-0.39, 0.29) is 18.9 Å². The van der Waals surface area contributed by atoms with Crippen LogP contribution in [0.5, 0.6) is 0 Å². The van der Waals surface area contributed by atoms with Crippen LogP contribution >= 0.6 is 11.8 Å². The zero-order chi connectivity index (χ0) is 20.0. The minimum Gasteiger partial charge on any atom is -0.383 e. The average Bonchev–Trinajstić information content (AvgIpc) is 2.94. The van der Waals surface area contributed by atoms with Crippen molar-refractivity contribution in [3.8, 4) is 0 Å². The molecule has 147 valence electrons. The number of amides is 3. The number of rotatable bonds is 8. The van der Waals surface area contributed by atoms with Crippen LogP contribution in [-0.2, 0) is 20.8 Å². The van der Waals surface area contributed by atoms with Crippen LogP contribution < -0.4 is 11.1 Å². The van der Waals surface area contributed by atoms with Crippen molar-refractivity contribution in [2.45, 2.75) is 43.6 Å². The Balaban J connectivity index is 1.99. The van der Waals surface area contributed by atoms with E-state index in [1.807, 2.05) is 44.2 Å². The van der Waals surface area contributed by atoms with Crippen LogP contribution in [0.15, 0.2) is 30.3 Å². The highest BCUT2D eigenvalue weighted by molar-refractivity contribution is 8.00. The fourth-order valence-corrected chi connectivity index (χ4v) is 4.09. The molecule has 0 spiro atoms. The van der Waals surface area contributed by atoms with Gasteiger partial charge in [-0.3, -0.25) is 14.4 Å². The molecule has 1 aromatic carbocycles. The summed E-state index contributed by atoms with van der Waals surface area (Å²) >= 11 is 1.47. The van der Waals surface area contributed by atoms with E-state index in [1.165, 1.54) is 23.1 Å². The molecular weight excluding hydrogens is 366 g/mol. The molecule has 1 aromatic rings. The molecule has 0 aromatic heterocycles. The normalized spacial score (nSPS) is 19.5. The second-order valence-corrected chi connectivity index (χ2v) is 8.56. The van der Waals surface area contributed by atoms with Gasteiger partial charge in [0.1, 0.15) is 12.1 Å². The van der Waals surface area contributed by atoms with E-state index in [2.05, 4.69) is 5.32 Å². The zero-order valence-electron chi connectivity index (χ0n) is 15.6. The summed E-state index contributed by atoms with van der Waals surface area (Å²) < 4.78 is -0.508. The van der Waals surface area contributed by atoms with Crippen LogP contribution in [-0.4, -0.2) is 57.0 Å². The molecule has 0 bridgehead atoms. The highest BCUT2D eigenvalue weighted by atomic mass is 32.2. The maximum Gasteiger partial charge on any atom is 0.253 e. The first-order valence-electron chi connectivity index (χ1n) is 8.78. The van der Waals surface area contributed by atoms with Crippen LogP contribution in [0.25, 0.3) is 0 Å². The standard InChI is InChI=1S/C19H26N3O4S/c1-19(2)16(17(25)21-11-10-15(20)24)22(12-27-19)18(26)14(23)9-8-13-6-4-3-5-7-13/h3-7,9,14,16,23H,8,10-12H2,1-2H3,(H2,20,24)(H,21,25)/t14-,16?/m0/s1. The minimum atomic E-state index is -1.29. The Kier molecular flexibility index (Phi) is 7.26. The van der Waals surface area contributed by atoms with Crippen molar-refractivity contribution in [3.63, 3.8) is 0 Å². The Morgan fingerprint density at radius 3 is 2.67 bits per heavy atom. The smallest absolute Gasteiger partial charge is 0.253 e. The number of hydrogen-bond donors (Lipinski definition) is 3. The Bertz CT molecular complexity index is 681. The molecule has 4 N–H and O–H groups in total. The topological polar surface area (TPSA) is 113 Å². The van der Waals surface area contributed by atoms with Gasteiger partial charge in [-0.05, 0) is 25.8 Å². The molecule has 1 radical (unpaired) electrons. The lowest BCUT2D eigenvalue weighted by molar-refractivity contribution is -0.144. The molecule has 0 aliphatic carbocycles. The Morgan fingerprint density at radius 2 is 2.04 bits per heavy atom. The van der Waals surface area contributed by atoms with Gasteiger partial charge in [-0.25, -0.2) is 0 Å². The van der Waals surface area contributed by atoms with Crippen molar-refractivity contribution >= 4 is 29.5 Å². The summed E-state index contributed by atoms with van der Waals surface area (Å²) in [6.07, 6.45) is 0.733. The fraction of sp³-hybridized carbons (Fsp3) is 0.474. The van der Waals surface area contributed by atoms with Gasteiger partial charge in [-0.15, -0.1) is 11.8 Å². The first-order valence-corrected chi connectivity index (χ1v) is 9.76. The largest absolute Gasteiger partial charge is 0.383 e. The second kappa shape index (κ2) is 9.23. The number of benzene rings is 1. The third kappa shape index (κ3) is 5.71. The predicted molar refractivity (Wildman–Crippen MR) is 104 cm³/mol. The van der Waals surface area contributed by atoms with Gasteiger partial charge in [0.25, 0.3) is 5.91 Å². The molecule has 1 heterocycles. The summed E-state index contributed by atoms with van der Waals surface area (Å²) in [5.74, 6) is -1.04.